The number of rotatable bonds is 9. The number of nitrogens with one attached hydrogen (secondary N) is 1. The van der Waals surface area contributed by atoms with Crippen LogP contribution in [0.15, 0.2) is 28.1 Å². The van der Waals surface area contributed by atoms with Crippen LogP contribution in [0.5, 0.6) is 0 Å². The van der Waals surface area contributed by atoms with Gasteiger partial charge in [0.2, 0.25) is 0 Å². The molecule has 0 amide bonds. The Morgan fingerprint density at radius 1 is 1.14 bits per heavy atom. The normalized spacial score (nSPS) is 11.6. The Kier molecular flexibility index (Phi) is 7.21. The van der Waals surface area contributed by atoms with Crippen LogP contribution in [-0.4, -0.2) is 13.1 Å². The molecule has 0 aliphatic rings. The van der Waals surface area contributed by atoms with E-state index in [0.29, 0.717) is 0 Å². The average molecular weight is 368 g/mol. The van der Waals surface area contributed by atoms with Gasteiger partial charge in [-0.3, -0.25) is 0 Å². The summed E-state index contributed by atoms with van der Waals surface area (Å²) in [5, 5.41) is 7.29. The van der Waals surface area contributed by atoms with Gasteiger partial charge in [-0.25, -0.2) is 0 Å². The molecule has 0 atom stereocenters. The molecule has 0 unspecified atom stereocenters. The lowest BCUT2D eigenvalue weighted by Gasteiger charge is -2.07. The largest absolute Gasteiger partial charge is 0.316 e. The van der Waals surface area contributed by atoms with Gasteiger partial charge in [-0.05, 0) is 76.6 Å². The molecule has 0 bridgehead atoms. The number of halogens is 1. The van der Waals surface area contributed by atoms with Gasteiger partial charge in [0.25, 0.3) is 0 Å². The van der Waals surface area contributed by atoms with Crippen LogP contribution in [-0.2, 0) is 6.42 Å². The second-order valence-corrected chi connectivity index (χ2v) is 7.87. The van der Waals surface area contributed by atoms with Crippen molar-refractivity contribution in [3.05, 3.63) is 33.6 Å². The van der Waals surface area contributed by atoms with E-state index in [9.17, 15) is 0 Å². The Balaban J connectivity index is 1.65. The van der Waals surface area contributed by atoms with Crippen molar-refractivity contribution in [2.75, 3.05) is 13.1 Å². The van der Waals surface area contributed by atoms with Gasteiger partial charge in [-0.1, -0.05) is 38.8 Å². The summed E-state index contributed by atoms with van der Waals surface area (Å²) < 4.78 is 2.62. The van der Waals surface area contributed by atoms with Gasteiger partial charge in [-0.15, -0.1) is 11.3 Å². The highest BCUT2D eigenvalue weighted by Crippen LogP contribution is 2.32. The lowest BCUT2D eigenvalue weighted by Crippen LogP contribution is -2.20. The SMILES string of the molecule is CC(C)CNCCCCCCc1csc2c(Br)cccc12. The van der Waals surface area contributed by atoms with Crippen molar-refractivity contribution in [1.82, 2.24) is 5.32 Å². The molecule has 2 rings (SSSR count). The summed E-state index contributed by atoms with van der Waals surface area (Å²) in [5.74, 6) is 0.760. The van der Waals surface area contributed by atoms with Gasteiger partial charge in [0, 0.05) is 9.17 Å². The van der Waals surface area contributed by atoms with Crippen LogP contribution in [0.25, 0.3) is 10.1 Å². The third-order valence-corrected chi connectivity index (χ3v) is 5.74. The number of thiophene rings is 1. The van der Waals surface area contributed by atoms with Gasteiger partial charge in [0.05, 0.1) is 0 Å². The molecule has 0 aliphatic heterocycles. The smallest absolute Gasteiger partial charge is 0.0487 e. The molecule has 116 valence electrons. The molecule has 0 radical (unpaired) electrons. The maximum atomic E-state index is 3.64. The molecule has 0 saturated heterocycles. The van der Waals surface area contributed by atoms with Crippen molar-refractivity contribution in [2.24, 2.45) is 5.92 Å². The number of aryl methyl sites for hydroxylation is 1. The number of unbranched alkanes of at least 4 members (excludes halogenated alkanes) is 3. The van der Waals surface area contributed by atoms with Crippen LogP contribution in [0.3, 0.4) is 0 Å². The van der Waals surface area contributed by atoms with E-state index in [1.165, 1.54) is 58.8 Å². The molecule has 21 heavy (non-hydrogen) atoms. The van der Waals surface area contributed by atoms with Crippen LogP contribution in [0.4, 0.5) is 0 Å². The molecular formula is C18H26BrNS. The summed E-state index contributed by atoms with van der Waals surface area (Å²) in [5.41, 5.74) is 1.52. The van der Waals surface area contributed by atoms with E-state index >= 15 is 0 Å². The van der Waals surface area contributed by atoms with E-state index < -0.39 is 0 Å². The average Bonchev–Trinajstić information content (AvgIpc) is 2.86. The Bertz CT molecular complexity index is 547. The summed E-state index contributed by atoms with van der Waals surface area (Å²) in [6.07, 6.45) is 6.52. The van der Waals surface area contributed by atoms with Crippen LogP contribution < -0.4 is 5.32 Å². The van der Waals surface area contributed by atoms with Crippen molar-refractivity contribution in [3.63, 3.8) is 0 Å². The molecule has 2 aromatic rings. The van der Waals surface area contributed by atoms with Crippen molar-refractivity contribution < 1.29 is 0 Å². The van der Waals surface area contributed by atoms with E-state index in [1.54, 1.807) is 0 Å². The summed E-state index contributed by atoms with van der Waals surface area (Å²) in [7, 11) is 0. The van der Waals surface area contributed by atoms with Crippen molar-refractivity contribution in [3.8, 4) is 0 Å². The van der Waals surface area contributed by atoms with E-state index in [2.05, 4.69) is 58.7 Å². The van der Waals surface area contributed by atoms with Gasteiger partial charge >= 0.3 is 0 Å². The summed E-state index contributed by atoms with van der Waals surface area (Å²) in [6, 6.07) is 6.53. The fraction of sp³-hybridized carbons (Fsp3) is 0.556. The Morgan fingerprint density at radius 2 is 1.95 bits per heavy atom. The molecule has 0 fully saturated rings. The lowest BCUT2D eigenvalue weighted by atomic mass is 10.1. The first-order valence-electron chi connectivity index (χ1n) is 8.04. The van der Waals surface area contributed by atoms with Gasteiger partial charge in [0.15, 0.2) is 0 Å². The fourth-order valence-corrected chi connectivity index (χ4v) is 4.24. The number of hydrogen-bond acceptors (Lipinski definition) is 2. The van der Waals surface area contributed by atoms with Crippen molar-refractivity contribution in [2.45, 2.75) is 46.0 Å². The number of fused-ring (bicyclic) bond motifs is 1. The highest BCUT2D eigenvalue weighted by Gasteiger charge is 2.06. The van der Waals surface area contributed by atoms with Gasteiger partial charge in [0.1, 0.15) is 0 Å². The lowest BCUT2D eigenvalue weighted by molar-refractivity contribution is 0.526. The predicted octanol–water partition coefficient (Wildman–Crippen LogP) is 6.01. The van der Waals surface area contributed by atoms with Gasteiger partial charge in [-0.2, -0.15) is 0 Å². The van der Waals surface area contributed by atoms with E-state index in [0.717, 1.165) is 12.5 Å². The van der Waals surface area contributed by atoms with E-state index in [1.807, 2.05) is 11.3 Å². The quantitative estimate of drug-likeness (QED) is 0.534. The third-order valence-electron chi connectivity index (χ3n) is 3.73. The van der Waals surface area contributed by atoms with Crippen LogP contribution in [0, 0.1) is 5.92 Å². The standard InChI is InChI=1S/C18H26BrNS/c1-14(2)12-20-11-6-4-3-5-8-15-13-21-18-16(15)9-7-10-17(18)19/h7,9-10,13-14,20H,3-6,8,11-12H2,1-2H3. The molecule has 0 saturated carbocycles. The first kappa shape index (κ1) is 17.0. The molecule has 1 aromatic heterocycles. The first-order chi connectivity index (χ1) is 10.2. The molecule has 1 aromatic carbocycles. The van der Waals surface area contributed by atoms with E-state index in [-0.39, 0.29) is 0 Å². The molecule has 0 spiro atoms. The predicted molar refractivity (Wildman–Crippen MR) is 99.4 cm³/mol. The second-order valence-electron chi connectivity index (χ2n) is 6.14. The molecule has 0 aliphatic carbocycles. The summed E-state index contributed by atoms with van der Waals surface area (Å²) >= 11 is 5.50. The van der Waals surface area contributed by atoms with Crippen LogP contribution in [0.2, 0.25) is 0 Å². The zero-order valence-corrected chi connectivity index (χ0v) is 15.5. The Hall–Kier alpha value is -0.380. The number of hydrogen-bond donors (Lipinski definition) is 1. The molecule has 1 nitrogen and oxygen atoms in total. The maximum Gasteiger partial charge on any atom is 0.0487 e. The minimum Gasteiger partial charge on any atom is -0.316 e. The molecule has 1 N–H and O–H groups in total. The Labute approximate surface area is 141 Å². The monoisotopic (exact) mass is 367 g/mol. The number of benzene rings is 1. The molecule has 1 heterocycles. The highest BCUT2D eigenvalue weighted by atomic mass is 79.9. The minimum absolute atomic E-state index is 0.760. The minimum atomic E-state index is 0.760. The van der Waals surface area contributed by atoms with Crippen LogP contribution in [0.1, 0.15) is 45.1 Å². The summed E-state index contributed by atoms with van der Waals surface area (Å²) in [6.45, 7) is 6.84. The fourth-order valence-electron chi connectivity index (χ4n) is 2.58. The zero-order valence-electron chi connectivity index (χ0n) is 13.1. The first-order valence-corrected chi connectivity index (χ1v) is 9.71. The third kappa shape index (κ3) is 5.39. The van der Waals surface area contributed by atoms with Crippen LogP contribution >= 0.6 is 27.3 Å². The molecule has 3 heteroatoms. The van der Waals surface area contributed by atoms with Gasteiger partial charge < -0.3 is 5.32 Å². The second kappa shape index (κ2) is 8.92. The Morgan fingerprint density at radius 3 is 2.76 bits per heavy atom. The topological polar surface area (TPSA) is 12.0 Å². The highest BCUT2D eigenvalue weighted by molar-refractivity contribution is 9.10. The van der Waals surface area contributed by atoms with Crippen molar-refractivity contribution >= 4 is 37.4 Å². The summed E-state index contributed by atoms with van der Waals surface area (Å²) in [4.78, 5) is 0. The van der Waals surface area contributed by atoms with Crippen molar-refractivity contribution in [1.29, 1.82) is 0 Å². The van der Waals surface area contributed by atoms with E-state index in [4.69, 9.17) is 0 Å². The molecular weight excluding hydrogens is 342 g/mol. The maximum absolute atomic E-state index is 3.64. The zero-order chi connectivity index (χ0) is 15.1.